The smallest absolute Gasteiger partial charge is 0.288 e. The van der Waals surface area contributed by atoms with Gasteiger partial charge in [0.25, 0.3) is 17.2 Å². The van der Waals surface area contributed by atoms with Gasteiger partial charge in [0.15, 0.2) is 0 Å². The van der Waals surface area contributed by atoms with E-state index in [1.807, 2.05) is 25.1 Å². The van der Waals surface area contributed by atoms with E-state index in [1.165, 1.54) is 18.2 Å². The van der Waals surface area contributed by atoms with Crippen molar-refractivity contribution in [2.24, 2.45) is 0 Å². The fraction of sp³-hybridized carbons (Fsp3) is 0.423. The SMILES string of the molecule is CCC(c1nc2ccccc2c(=O)n1CCOC)N1CCN(C(=O)c2ccc(Cl)c([N+](=O)[O-])c2)C(C)C1. The summed E-state index contributed by atoms with van der Waals surface area (Å²) in [5, 5.41) is 11.8. The van der Waals surface area contributed by atoms with Crippen molar-refractivity contribution in [1.29, 1.82) is 0 Å². The van der Waals surface area contributed by atoms with Crippen molar-refractivity contribution in [3.05, 3.63) is 79.3 Å². The number of piperazine rings is 1. The maximum atomic E-state index is 13.4. The lowest BCUT2D eigenvalue weighted by Crippen LogP contribution is -2.55. The molecule has 2 heterocycles. The number of carbonyl (C=O) groups excluding carboxylic acids is 1. The van der Waals surface area contributed by atoms with Crippen LogP contribution in [0.4, 0.5) is 5.69 Å². The third-order valence-electron chi connectivity index (χ3n) is 6.85. The molecule has 4 rings (SSSR count). The summed E-state index contributed by atoms with van der Waals surface area (Å²) in [4.78, 5) is 46.2. The Kier molecular flexibility index (Phi) is 8.21. The minimum absolute atomic E-state index is 0.00684. The molecule has 0 spiro atoms. The molecule has 1 amide bonds. The third-order valence-corrected chi connectivity index (χ3v) is 7.16. The first-order chi connectivity index (χ1) is 17.8. The van der Waals surface area contributed by atoms with Crippen LogP contribution in [0, 0.1) is 10.1 Å². The molecule has 1 aromatic heterocycles. The van der Waals surface area contributed by atoms with Gasteiger partial charge in [0.1, 0.15) is 10.8 Å². The summed E-state index contributed by atoms with van der Waals surface area (Å²) >= 11 is 5.92. The van der Waals surface area contributed by atoms with Crippen molar-refractivity contribution < 1.29 is 14.5 Å². The Morgan fingerprint density at radius 2 is 2.03 bits per heavy atom. The number of amides is 1. The highest BCUT2D eigenvalue weighted by molar-refractivity contribution is 6.32. The Bertz CT molecular complexity index is 1380. The van der Waals surface area contributed by atoms with Gasteiger partial charge < -0.3 is 9.64 Å². The van der Waals surface area contributed by atoms with Crippen LogP contribution in [0.2, 0.25) is 5.02 Å². The van der Waals surface area contributed by atoms with E-state index in [1.54, 1.807) is 22.6 Å². The number of methoxy groups -OCH3 is 1. The molecule has 1 aliphatic rings. The average Bonchev–Trinajstić information content (AvgIpc) is 2.89. The Morgan fingerprint density at radius 1 is 1.27 bits per heavy atom. The van der Waals surface area contributed by atoms with E-state index < -0.39 is 4.92 Å². The first-order valence-corrected chi connectivity index (χ1v) is 12.6. The van der Waals surface area contributed by atoms with Crippen LogP contribution in [0.3, 0.4) is 0 Å². The van der Waals surface area contributed by atoms with Gasteiger partial charge in [-0.2, -0.15) is 0 Å². The topological polar surface area (TPSA) is 111 Å². The molecule has 11 heteroatoms. The van der Waals surface area contributed by atoms with Crippen molar-refractivity contribution in [3.63, 3.8) is 0 Å². The van der Waals surface area contributed by atoms with Gasteiger partial charge in [-0.25, -0.2) is 4.98 Å². The van der Waals surface area contributed by atoms with Crippen LogP contribution in [0.15, 0.2) is 47.3 Å². The number of nitro benzene ring substituents is 1. The fourth-order valence-electron chi connectivity index (χ4n) is 4.96. The molecule has 0 bridgehead atoms. The first-order valence-electron chi connectivity index (χ1n) is 12.2. The predicted molar refractivity (Wildman–Crippen MR) is 141 cm³/mol. The van der Waals surface area contributed by atoms with Crippen LogP contribution in [0.25, 0.3) is 10.9 Å². The van der Waals surface area contributed by atoms with Gasteiger partial charge in [0.2, 0.25) is 0 Å². The highest BCUT2D eigenvalue weighted by Gasteiger charge is 2.34. The number of hydrogen-bond acceptors (Lipinski definition) is 7. The Balaban J connectivity index is 1.61. The van der Waals surface area contributed by atoms with E-state index in [0.717, 1.165) is 6.42 Å². The monoisotopic (exact) mass is 527 g/mol. The molecule has 2 unspecified atom stereocenters. The van der Waals surface area contributed by atoms with Crippen LogP contribution in [0.1, 0.15) is 42.5 Å². The second-order valence-corrected chi connectivity index (χ2v) is 9.53. The van der Waals surface area contributed by atoms with E-state index in [9.17, 15) is 19.7 Å². The zero-order valence-corrected chi connectivity index (χ0v) is 21.8. The summed E-state index contributed by atoms with van der Waals surface area (Å²) in [7, 11) is 1.60. The average molecular weight is 528 g/mol. The molecular formula is C26H30ClN5O5. The zero-order chi connectivity index (χ0) is 26.7. The van der Waals surface area contributed by atoms with E-state index in [-0.39, 0.29) is 39.8 Å². The number of nitro groups is 1. The summed E-state index contributed by atoms with van der Waals surface area (Å²) in [5.41, 5.74) is 0.498. The molecule has 0 saturated carbocycles. The standard InChI is InChI=1S/C26H30ClN5O5/c1-4-22(24-28-21-8-6-5-7-19(21)26(34)31(24)13-14-37-3)29-11-12-30(17(2)16-29)25(33)18-9-10-20(27)23(15-18)32(35)36/h5-10,15,17,22H,4,11-14,16H2,1-3H3. The van der Waals surface area contributed by atoms with E-state index in [2.05, 4.69) is 11.8 Å². The van der Waals surface area contributed by atoms with Gasteiger partial charge in [0, 0.05) is 44.4 Å². The number of aromatic nitrogens is 2. The summed E-state index contributed by atoms with van der Waals surface area (Å²) in [5.74, 6) is 0.407. The lowest BCUT2D eigenvalue weighted by Gasteiger charge is -2.43. The van der Waals surface area contributed by atoms with Gasteiger partial charge in [-0.1, -0.05) is 30.7 Å². The molecule has 1 fully saturated rings. The maximum absolute atomic E-state index is 13.4. The summed E-state index contributed by atoms with van der Waals surface area (Å²) in [6, 6.07) is 11.2. The zero-order valence-electron chi connectivity index (χ0n) is 21.1. The third kappa shape index (κ3) is 5.36. The highest BCUT2D eigenvalue weighted by atomic mass is 35.5. The number of benzene rings is 2. The summed E-state index contributed by atoms with van der Waals surface area (Å²) in [6.07, 6.45) is 0.724. The number of para-hydroxylation sites is 1. The minimum Gasteiger partial charge on any atom is -0.383 e. The number of nitrogens with zero attached hydrogens (tertiary/aromatic N) is 5. The maximum Gasteiger partial charge on any atom is 0.288 e. The first kappa shape index (κ1) is 26.7. The minimum atomic E-state index is -0.591. The van der Waals surface area contributed by atoms with Gasteiger partial charge in [-0.05, 0) is 37.6 Å². The largest absolute Gasteiger partial charge is 0.383 e. The van der Waals surface area contributed by atoms with Crippen LogP contribution >= 0.6 is 11.6 Å². The van der Waals surface area contributed by atoms with Crippen LogP contribution in [-0.4, -0.2) is 69.6 Å². The molecule has 37 heavy (non-hydrogen) atoms. The second-order valence-electron chi connectivity index (χ2n) is 9.13. The lowest BCUT2D eigenvalue weighted by molar-refractivity contribution is -0.384. The summed E-state index contributed by atoms with van der Waals surface area (Å²) in [6.45, 7) is 6.35. The van der Waals surface area contributed by atoms with Crippen molar-refractivity contribution in [2.45, 2.75) is 38.9 Å². The van der Waals surface area contributed by atoms with Crippen LogP contribution < -0.4 is 5.56 Å². The number of carbonyl (C=O) groups is 1. The van der Waals surface area contributed by atoms with Crippen molar-refractivity contribution in [2.75, 3.05) is 33.4 Å². The highest BCUT2D eigenvalue weighted by Crippen LogP contribution is 2.29. The quantitative estimate of drug-likeness (QED) is 0.322. The lowest BCUT2D eigenvalue weighted by atomic mass is 10.1. The van der Waals surface area contributed by atoms with Crippen LogP contribution in [-0.2, 0) is 11.3 Å². The van der Waals surface area contributed by atoms with Gasteiger partial charge in [-0.15, -0.1) is 0 Å². The molecule has 0 N–H and O–H groups in total. The van der Waals surface area contributed by atoms with E-state index >= 15 is 0 Å². The normalized spacial score (nSPS) is 17.2. The van der Waals surface area contributed by atoms with E-state index in [4.69, 9.17) is 21.3 Å². The summed E-state index contributed by atoms with van der Waals surface area (Å²) < 4.78 is 6.96. The van der Waals surface area contributed by atoms with Gasteiger partial charge in [-0.3, -0.25) is 29.2 Å². The molecule has 2 aromatic carbocycles. The predicted octanol–water partition coefficient (Wildman–Crippen LogP) is 3.90. The van der Waals surface area contributed by atoms with Gasteiger partial charge in [0.05, 0.1) is 35.0 Å². The van der Waals surface area contributed by atoms with Crippen molar-refractivity contribution >= 4 is 34.1 Å². The van der Waals surface area contributed by atoms with Crippen molar-refractivity contribution in [3.8, 4) is 0 Å². The number of rotatable bonds is 8. The van der Waals surface area contributed by atoms with Crippen molar-refractivity contribution in [1.82, 2.24) is 19.4 Å². The van der Waals surface area contributed by atoms with E-state index in [0.29, 0.717) is 49.5 Å². The Morgan fingerprint density at radius 3 is 2.70 bits per heavy atom. The molecule has 196 valence electrons. The molecule has 2 atom stereocenters. The second kappa shape index (κ2) is 11.4. The van der Waals surface area contributed by atoms with Crippen LogP contribution in [0.5, 0.6) is 0 Å². The van der Waals surface area contributed by atoms with Gasteiger partial charge >= 0.3 is 0 Å². The Hall–Kier alpha value is -3.34. The number of fused-ring (bicyclic) bond motifs is 1. The number of halogens is 1. The Labute approximate surface area is 219 Å². The molecule has 1 aliphatic heterocycles. The molecule has 3 aromatic rings. The molecule has 0 radical (unpaired) electrons. The molecule has 0 aliphatic carbocycles. The number of ether oxygens (including phenoxy) is 1. The molecule has 10 nitrogen and oxygen atoms in total. The number of hydrogen-bond donors (Lipinski definition) is 0. The molecular weight excluding hydrogens is 498 g/mol. The molecule has 1 saturated heterocycles. The fourth-order valence-corrected chi connectivity index (χ4v) is 5.15.